The SMILES string of the molecule is CCNC(=NCCCn1c(C)nc2ccccc21)NC1CCN(C(=O)C2CCCCC2)C1.I. The van der Waals surface area contributed by atoms with Gasteiger partial charge in [0.15, 0.2) is 5.96 Å². The Balaban J connectivity index is 0.00000306. The number of imidazole rings is 1. The number of likely N-dealkylation sites (tertiary alicyclic amines) is 1. The molecule has 7 nitrogen and oxygen atoms in total. The molecule has 1 aromatic heterocycles. The van der Waals surface area contributed by atoms with Gasteiger partial charge in [0, 0.05) is 44.7 Å². The molecule has 33 heavy (non-hydrogen) atoms. The Bertz CT molecular complexity index is 936. The maximum Gasteiger partial charge on any atom is 0.225 e. The van der Waals surface area contributed by atoms with Crippen LogP contribution in [0, 0.1) is 12.8 Å². The first-order valence-corrected chi connectivity index (χ1v) is 12.4. The van der Waals surface area contributed by atoms with Gasteiger partial charge in [0.25, 0.3) is 0 Å². The molecule has 4 rings (SSSR count). The van der Waals surface area contributed by atoms with Gasteiger partial charge in [-0.15, -0.1) is 24.0 Å². The molecule has 1 saturated heterocycles. The smallest absolute Gasteiger partial charge is 0.225 e. The number of para-hydroxylation sites is 2. The molecule has 2 aromatic rings. The maximum atomic E-state index is 12.8. The van der Waals surface area contributed by atoms with Crippen molar-refractivity contribution in [3.63, 3.8) is 0 Å². The molecule has 1 saturated carbocycles. The first-order chi connectivity index (χ1) is 15.7. The Morgan fingerprint density at radius 3 is 2.76 bits per heavy atom. The van der Waals surface area contributed by atoms with E-state index in [0.29, 0.717) is 5.91 Å². The summed E-state index contributed by atoms with van der Waals surface area (Å²) in [4.78, 5) is 24.4. The van der Waals surface area contributed by atoms with E-state index in [9.17, 15) is 4.79 Å². The first-order valence-electron chi connectivity index (χ1n) is 12.4. The quantitative estimate of drug-likeness (QED) is 0.229. The Hall–Kier alpha value is -1.84. The van der Waals surface area contributed by atoms with Gasteiger partial charge in [0.1, 0.15) is 5.82 Å². The summed E-state index contributed by atoms with van der Waals surface area (Å²) >= 11 is 0. The van der Waals surface area contributed by atoms with Gasteiger partial charge in [0.2, 0.25) is 5.91 Å². The minimum atomic E-state index is 0. The number of carbonyl (C=O) groups is 1. The van der Waals surface area contributed by atoms with Crippen molar-refractivity contribution in [2.75, 3.05) is 26.2 Å². The van der Waals surface area contributed by atoms with E-state index in [-0.39, 0.29) is 35.9 Å². The van der Waals surface area contributed by atoms with Crippen LogP contribution in [0.15, 0.2) is 29.3 Å². The van der Waals surface area contributed by atoms with Crippen LogP contribution in [0.2, 0.25) is 0 Å². The van der Waals surface area contributed by atoms with E-state index < -0.39 is 0 Å². The number of aromatic nitrogens is 2. The van der Waals surface area contributed by atoms with Crippen LogP contribution in [0.25, 0.3) is 11.0 Å². The molecule has 1 aliphatic carbocycles. The molecule has 8 heteroatoms. The highest BCUT2D eigenvalue weighted by molar-refractivity contribution is 14.0. The van der Waals surface area contributed by atoms with Crippen molar-refractivity contribution in [2.24, 2.45) is 10.9 Å². The highest BCUT2D eigenvalue weighted by atomic mass is 127. The Labute approximate surface area is 214 Å². The summed E-state index contributed by atoms with van der Waals surface area (Å²) in [5, 5.41) is 6.93. The summed E-state index contributed by atoms with van der Waals surface area (Å²) in [7, 11) is 0. The Morgan fingerprint density at radius 2 is 1.97 bits per heavy atom. The molecule has 1 aromatic carbocycles. The summed E-state index contributed by atoms with van der Waals surface area (Å²) in [5.74, 6) is 2.54. The highest BCUT2D eigenvalue weighted by Crippen LogP contribution is 2.26. The monoisotopic (exact) mass is 566 g/mol. The zero-order valence-electron chi connectivity index (χ0n) is 20.1. The zero-order chi connectivity index (χ0) is 22.3. The number of carbonyl (C=O) groups excluding carboxylic acids is 1. The second kappa shape index (κ2) is 12.6. The second-order valence-electron chi connectivity index (χ2n) is 9.16. The average Bonchev–Trinajstić information content (AvgIpc) is 3.40. The average molecular weight is 567 g/mol. The van der Waals surface area contributed by atoms with Crippen LogP contribution in [0.5, 0.6) is 0 Å². The number of nitrogens with zero attached hydrogens (tertiary/aromatic N) is 4. The lowest BCUT2D eigenvalue weighted by atomic mass is 9.88. The van der Waals surface area contributed by atoms with Gasteiger partial charge >= 0.3 is 0 Å². The predicted octanol–water partition coefficient (Wildman–Crippen LogP) is 4.09. The molecule has 182 valence electrons. The van der Waals surface area contributed by atoms with Crippen molar-refractivity contribution in [3.05, 3.63) is 30.1 Å². The molecular formula is C25H39IN6O. The van der Waals surface area contributed by atoms with Crippen LogP contribution in [-0.4, -0.2) is 58.5 Å². The van der Waals surface area contributed by atoms with Crippen molar-refractivity contribution in [2.45, 2.75) is 71.4 Å². The van der Waals surface area contributed by atoms with E-state index in [0.717, 1.165) is 75.7 Å². The standard InChI is InChI=1S/C25H38N6O.HI/c1-3-26-25(27-15-9-16-31-19(2)28-22-12-7-8-13-23(22)31)29-21-14-17-30(18-21)24(32)20-10-5-4-6-11-20;/h7-8,12-13,20-21H,3-6,9-11,14-18H2,1-2H3,(H2,26,27,29);1H. The number of amides is 1. The maximum absolute atomic E-state index is 12.8. The normalized spacial score (nSPS) is 19.5. The van der Waals surface area contributed by atoms with Crippen LogP contribution >= 0.6 is 24.0 Å². The van der Waals surface area contributed by atoms with E-state index in [1.165, 1.54) is 24.8 Å². The van der Waals surface area contributed by atoms with Crippen molar-refractivity contribution in [1.29, 1.82) is 0 Å². The van der Waals surface area contributed by atoms with Crippen molar-refractivity contribution in [3.8, 4) is 0 Å². The van der Waals surface area contributed by atoms with E-state index >= 15 is 0 Å². The van der Waals surface area contributed by atoms with E-state index in [4.69, 9.17) is 4.99 Å². The lowest BCUT2D eigenvalue weighted by Crippen LogP contribution is -2.45. The summed E-state index contributed by atoms with van der Waals surface area (Å²) in [6.07, 6.45) is 7.78. The second-order valence-corrected chi connectivity index (χ2v) is 9.16. The predicted molar refractivity (Wildman–Crippen MR) is 145 cm³/mol. The number of hydrogen-bond acceptors (Lipinski definition) is 3. The van der Waals surface area contributed by atoms with Gasteiger partial charge in [-0.05, 0) is 51.7 Å². The van der Waals surface area contributed by atoms with E-state index in [1.54, 1.807) is 0 Å². The van der Waals surface area contributed by atoms with Crippen LogP contribution < -0.4 is 10.6 Å². The molecular weight excluding hydrogens is 527 g/mol. The molecule has 0 spiro atoms. The molecule has 1 unspecified atom stereocenters. The summed E-state index contributed by atoms with van der Waals surface area (Å²) < 4.78 is 2.27. The van der Waals surface area contributed by atoms with Crippen molar-refractivity contribution in [1.82, 2.24) is 25.1 Å². The number of aliphatic imine (C=N–C) groups is 1. The summed E-state index contributed by atoms with van der Waals surface area (Å²) in [5.41, 5.74) is 2.24. The number of guanidine groups is 1. The largest absolute Gasteiger partial charge is 0.357 e. The van der Waals surface area contributed by atoms with Gasteiger partial charge in [-0.1, -0.05) is 31.4 Å². The fourth-order valence-corrected chi connectivity index (χ4v) is 5.10. The van der Waals surface area contributed by atoms with Gasteiger partial charge < -0.3 is 20.1 Å². The molecule has 1 aliphatic heterocycles. The molecule has 2 fully saturated rings. The molecule has 1 atom stereocenters. The van der Waals surface area contributed by atoms with Gasteiger partial charge in [0.05, 0.1) is 11.0 Å². The Morgan fingerprint density at radius 1 is 1.18 bits per heavy atom. The third kappa shape index (κ3) is 6.61. The summed E-state index contributed by atoms with van der Waals surface area (Å²) in [6, 6.07) is 8.57. The number of aryl methyl sites for hydroxylation is 2. The topological polar surface area (TPSA) is 74.6 Å². The van der Waals surface area contributed by atoms with E-state index in [2.05, 4.69) is 57.1 Å². The minimum absolute atomic E-state index is 0. The van der Waals surface area contributed by atoms with Gasteiger partial charge in [-0.3, -0.25) is 9.79 Å². The minimum Gasteiger partial charge on any atom is -0.357 e. The van der Waals surface area contributed by atoms with Crippen LogP contribution in [0.4, 0.5) is 0 Å². The lowest BCUT2D eigenvalue weighted by molar-refractivity contribution is -0.135. The number of hydrogen-bond donors (Lipinski definition) is 2. The Kier molecular flexibility index (Phi) is 9.82. The number of fused-ring (bicyclic) bond motifs is 1. The number of rotatable bonds is 7. The third-order valence-electron chi connectivity index (χ3n) is 6.79. The zero-order valence-corrected chi connectivity index (χ0v) is 22.4. The third-order valence-corrected chi connectivity index (χ3v) is 6.79. The molecule has 0 bridgehead atoms. The fourth-order valence-electron chi connectivity index (χ4n) is 5.10. The highest BCUT2D eigenvalue weighted by Gasteiger charge is 2.31. The van der Waals surface area contributed by atoms with Crippen LogP contribution in [-0.2, 0) is 11.3 Å². The molecule has 1 amide bonds. The molecule has 2 N–H and O–H groups in total. The summed E-state index contributed by atoms with van der Waals surface area (Å²) in [6.45, 7) is 8.29. The van der Waals surface area contributed by atoms with E-state index in [1.807, 2.05) is 6.07 Å². The number of halogens is 1. The van der Waals surface area contributed by atoms with Gasteiger partial charge in [-0.2, -0.15) is 0 Å². The van der Waals surface area contributed by atoms with Crippen molar-refractivity contribution >= 4 is 46.9 Å². The fraction of sp³-hybridized carbons (Fsp3) is 0.640. The molecule has 2 aliphatic rings. The van der Waals surface area contributed by atoms with Crippen molar-refractivity contribution < 1.29 is 4.79 Å². The molecule has 2 heterocycles. The number of benzene rings is 1. The first kappa shape index (κ1) is 25.8. The molecule has 0 radical (unpaired) electrons. The van der Waals surface area contributed by atoms with Gasteiger partial charge in [-0.25, -0.2) is 4.98 Å². The number of nitrogens with one attached hydrogen (secondary N) is 2. The van der Waals surface area contributed by atoms with Crippen LogP contribution in [0.1, 0.15) is 57.7 Å². The van der Waals surface area contributed by atoms with Crippen LogP contribution in [0.3, 0.4) is 0 Å². The lowest BCUT2D eigenvalue weighted by Gasteiger charge is -2.26.